The number of anilines is 1. The average Bonchev–Trinajstić information content (AvgIpc) is 2.75. The third-order valence-corrected chi connectivity index (χ3v) is 4.69. The first-order chi connectivity index (χ1) is 11.9. The van der Waals surface area contributed by atoms with Gasteiger partial charge in [0, 0.05) is 17.5 Å². The van der Waals surface area contributed by atoms with E-state index in [4.69, 9.17) is 16.3 Å². The Balaban J connectivity index is 2.21. The fraction of sp³-hybridized carbons (Fsp3) is 0.263. The van der Waals surface area contributed by atoms with E-state index in [2.05, 4.69) is 0 Å². The number of carbonyl (C=O) groups is 2. The molecule has 0 unspecified atom stereocenters. The van der Waals surface area contributed by atoms with Crippen LogP contribution in [0.4, 0.5) is 14.9 Å². The third kappa shape index (κ3) is 3.12. The molecule has 2 aromatic carbocycles. The molecule has 6 heteroatoms. The van der Waals surface area contributed by atoms with Crippen molar-refractivity contribution in [1.29, 1.82) is 0 Å². The zero-order chi connectivity index (χ0) is 18.1. The molecule has 0 saturated carbocycles. The molecular formula is C19H17ClFNO3. The molecule has 0 spiro atoms. The molecule has 0 fully saturated rings. The second kappa shape index (κ2) is 6.84. The Morgan fingerprint density at radius 1 is 1.28 bits per heavy atom. The smallest absolute Gasteiger partial charge is 0.414 e. The van der Waals surface area contributed by atoms with Gasteiger partial charge in [-0.3, -0.25) is 9.69 Å². The maximum absolute atomic E-state index is 14.7. The van der Waals surface area contributed by atoms with Gasteiger partial charge in [-0.1, -0.05) is 29.8 Å². The molecule has 0 radical (unpaired) electrons. The highest BCUT2D eigenvalue weighted by atomic mass is 35.5. The van der Waals surface area contributed by atoms with Gasteiger partial charge in [0.25, 0.3) is 0 Å². The van der Waals surface area contributed by atoms with Gasteiger partial charge in [-0.15, -0.1) is 0 Å². The predicted octanol–water partition coefficient (Wildman–Crippen LogP) is 4.75. The van der Waals surface area contributed by atoms with Crippen LogP contribution in [0.3, 0.4) is 0 Å². The Hall–Kier alpha value is -2.40. The summed E-state index contributed by atoms with van der Waals surface area (Å²) in [6.07, 6.45) is -0.216. The number of carbonyl (C=O) groups excluding carboxylic acids is 2. The number of ketones is 1. The van der Waals surface area contributed by atoms with Gasteiger partial charge in [0.05, 0.1) is 23.9 Å². The molecule has 3 rings (SSSR count). The first-order valence-electron chi connectivity index (χ1n) is 7.96. The molecule has 1 heterocycles. The number of Topliss-reactive ketones (excluding diaryl/α,β-unsaturated/α-hetero) is 1. The van der Waals surface area contributed by atoms with Crippen LogP contribution in [-0.2, 0) is 17.7 Å². The number of rotatable bonds is 2. The lowest BCUT2D eigenvalue weighted by molar-refractivity contribution is 0.101. The van der Waals surface area contributed by atoms with Gasteiger partial charge >= 0.3 is 6.09 Å². The second-order valence-corrected chi connectivity index (χ2v) is 6.20. The Bertz CT molecular complexity index is 866. The molecule has 0 N–H and O–H groups in total. The molecule has 1 aliphatic heterocycles. The van der Waals surface area contributed by atoms with Crippen molar-refractivity contribution in [2.75, 3.05) is 11.5 Å². The van der Waals surface area contributed by atoms with E-state index in [1.165, 1.54) is 11.8 Å². The highest BCUT2D eigenvalue weighted by Gasteiger charge is 2.29. The Morgan fingerprint density at radius 3 is 2.68 bits per heavy atom. The Labute approximate surface area is 150 Å². The first kappa shape index (κ1) is 17.4. The van der Waals surface area contributed by atoms with Crippen LogP contribution in [0.15, 0.2) is 30.3 Å². The summed E-state index contributed by atoms with van der Waals surface area (Å²) in [4.78, 5) is 25.5. The number of amides is 1. The van der Waals surface area contributed by atoms with Gasteiger partial charge in [-0.2, -0.15) is 0 Å². The van der Waals surface area contributed by atoms with Crippen LogP contribution in [0, 0.1) is 5.82 Å². The summed E-state index contributed by atoms with van der Waals surface area (Å²) in [5.74, 6) is -0.849. The number of benzene rings is 2. The minimum absolute atomic E-state index is 0.00504. The monoisotopic (exact) mass is 361 g/mol. The van der Waals surface area contributed by atoms with Crippen LogP contribution >= 0.6 is 11.6 Å². The van der Waals surface area contributed by atoms with Crippen molar-refractivity contribution in [3.05, 3.63) is 63.4 Å². The summed E-state index contributed by atoms with van der Waals surface area (Å²) in [5.41, 5.74) is 2.46. The van der Waals surface area contributed by atoms with Crippen molar-refractivity contribution >= 4 is 29.2 Å². The van der Waals surface area contributed by atoms with E-state index in [-0.39, 0.29) is 29.5 Å². The van der Waals surface area contributed by atoms with Crippen LogP contribution in [0.1, 0.15) is 40.9 Å². The van der Waals surface area contributed by atoms with Gasteiger partial charge in [-0.05, 0) is 37.1 Å². The van der Waals surface area contributed by atoms with Crippen LogP contribution in [0.25, 0.3) is 0 Å². The van der Waals surface area contributed by atoms with Gasteiger partial charge in [0.1, 0.15) is 5.82 Å². The number of hydrogen-bond donors (Lipinski definition) is 0. The lowest BCUT2D eigenvalue weighted by atomic mass is 9.96. The summed E-state index contributed by atoms with van der Waals surface area (Å²) in [7, 11) is 0. The number of halogens is 2. The highest BCUT2D eigenvalue weighted by Crippen LogP contribution is 2.37. The maximum Gasteiger partial charge on any atom is 0.414 e. The molecule has 4 nitrogen and oxygen atoms in total. The van der Waals surface area contributed by atoms with E-state index in [9.17, 15) is 14.0 Å². The summed E-state index contributed by atoms with van der Waals surface area (Å²) in [6, 6.07) is 8.43. The molecule has 25 heavy (non-hydrogen) atoms. The van der Waals surface area contributed by atoms with Crippen molar-refractivity contribution in [3.63, 3.8) is 0 Å². The first-order valence-corrected chi connectivity index (χ1v) is 8.34. The zero-order valence-corrected chi connectivity index (χ0v) is 14.7. The average molecular weight is 362 g/mol. The minimum atomic E-state index is -0.549. The van der Waals surface area contributed by atoms with Gasteiger partial charge in [-0.25, -0.2) is 9.18 Å². The quantitative estimate of drug-likeness (QED) is 0.725. The third-order valence-electron chi connectivity index (χ3n) is 4.26. The van der Waals surface area contributed by atoms with E-state index >= 15 is 0 Å². The lowest BCUT2D eigenvalue weighted by Gasteiger charge is -2.22. The van der Waals surface area contributed by atoms with Crippen LogP contribution < -0.4 is 4.90 Å². The molecule has 0 aliphatic carbocycles. The molecule has 2 aromatic rings. The zero-order valence-electron chi connectivity index (χ0n) is 13.9. The molecule has 130 valence electrons. The largest absolute Gasteiger partial charge is 0.449 e. The SMILES string of the molecule is CCOC(=O)N1Cc2c(F)cc(C(C)=O)c(Cl)c2Cc2ccccc21. The molecule has 0 saturated heterocycles. The van der Waals surface area contributed by atoms with Crippen LogP contribution in [-0.4, -0.2) is 18.5 Å². The maximum atomic E-state index is 14.7. The van der Waals surface area contributed by atoms with Crippen LogP contribution in [0.5, 0.6) is 0 Å². The molecule has 1 aliphatic rings. The fourth-order valence-corrected chi connectivity index (χ4v) is 3.42. The van der Waals surface area contributed by atoms with Crippen molar-refractivity contribution in [2.24, 2.45) is 0 Å². The Kier molecular flexibility index (Phi) is 4.77. The molecule has 0 atom stereocenters. The normalized spacial score (nSPS) is 12.9. The molecular weight excluding hydrogens is 345 g/mol. The van der Waals surface area contributed by atoms with Crippen molar-refractivity contribution in [1.82, 2.24) is 0 Å². The fourth-order valence-electron chi connectivity index (χ4n) is 3.05. The van der Waals surface area contributed by atoms with E-state index < -0.39 is 11.9 Å². The minimum Gasteiger partial charge on any atom is -0.449 e. The number of nitrogens with zero attached hydrogens (tertiary/aromatic N) is 1. The predicted molar refractivity (Wildman–Crippen MR) is 93.9 cm³/mol. The van der Waals surface area contributed by atoms with E-state index in [0.717, 1.165) is 11.6 Å². The highest BCUT2D eigenvalue weighted by molar-refractivity contribution is 6.34. The summed E-state index contributed by atoms with van der Waals surface area (Å²) >= 11 is 6.40. The summed E-state index contributed by atoms with van der Waals surface area (Å²) in [5, 5.41) is 0.240. The van der Waals surface area contributed by atoms with Crippen molar-refractivity contribution < 1.29 is 18.7 Å². The number of hydrogen-bond acceptors (Lipinski definition) is 3. The Morgan fingerprint density at radius 2 is 2.00 bits per heavy atom. The second-order valence-electron chi connectivity index (χ2n) is 5.82. The topological polar surface area (TPSA) is 46.6 Å². The van der Waals surface area contributed by atoms with E-state index in [1.807, 2.05) is 12.1 Å². The number of ether oxygens (including phenoxy) is 1. The van der Waals surface area contributed by atoms with Crippen LogP contribution in [0.2, 0.25) is 5.02 Å². The number of fused-ring (bicyclic) bond motifs is 2. The molecule has 0 aromatic heterocycles. The van der Waals surface area contributed by atoms with E-state index in [1.54, 1.807) is 19.1 Å². The van der Waals surface area contributed by atoms with Gasteiger partial charge < -0.3 is 4.74 Å². The molecule has 0 bridgehead atoms. The standard InChI is InChI=1S/C19H17ClFNO3/c1-3-25-19(24)22-10-15-14(8-12-6-4-5-7-17(12)22)18(20)13(11(2)23)9-16(15)21/h4-7,9H,3,8,10H2,1-2H3. The number of para-hydroxylation sites is 1. The van der Waals surface area contributed by atoms with Gasteiger partial charge in [0.2, 0.25) is 0 Å². The van der Waals surface area contributed by atoms with E-state index in [0.29, 0.717) is 23.2 Å². The summed E-state index contributed by atoms with van der Waals surface area (Å²) in [6.45, 7) is 3.28. The van der Waals surface area contributed by atoms with Gasteiger partial charge in [0.15, 0.2) is 5.78 Å². The van der Waals surface area contributed by atoms with Crippen molar-refractivity contribution in [2.45, 2.75) is 26.8 Å². The molecule has 1 amide bonds. The lowest BCUT2D eigenvalue weighted by Crippen LogP contribution is -2.31. The summed E-state index contributed by atoms with van der Waals surface area (Å²) < 4.78 is 19.8. The van der Waals surface area contributed by atoms with Crippen molar-refractivity contribution in [3.8, 4) is 0 Å².